The van der Waals surface area contributed by atoms with Gasteiger partial charge < -0.3 is 4.90 Å². The number of carbonyl (C=O) groups excluding carboxylic acids is 2. The molecular weight excluding hydrogens is 396 g/mol. The lowest BCUT2D eigenvalue weighted by Gasteiger charge is -2.23. The maximum absolute atomic E-state index is 12.8. The van der Waals surface area contributed by atoms with E-state index in [2.05, 4.69) is 22.4 Å². The molecule has 3 rings (SSSR count). The lowest BCUT2D eigenvalue weighted by Crippen LogP contribution is -2.43. The average Bonchev–Trinajstić information content (AvgIpc) is 3.40. The second-order valence-corrected chi connectivity index (χ2v) is 9.01. The second-order valence-electron chi connectivity index (χ2n) is 8.03. The summed E-state index contributed by atoms with van der Waals surface area (Å²) in [5.41, 5.74) is 2.14. The summed E-state index contributed by atoms with van der Waals surface area (Å²) >= 11 is 1.36. The van der Waals surface area contributed by atoms with Crippen LogP contribution in [0.3, 0.4) is 0 Å². The van der Waals surface area contributed by atoms with Gasteiger partial charge in [0.25, 0.3) is 0 Å². The number of nitrogens with zero attached hydrogens (tertiary/aromatic N) is 3. The third-order valence-electron chi connectivity index (χ3n) is 5.54. The van der Waals surface area contributed by atoms with Crippen LogP contribution < -0.4 is 5.32 Å². The highest BCUT2D eigenvalue weighted by atomic mass is 32.1. The number of benzene rings is 1. The largest absolute Gasteiger partial charge is 0.331 e. The van der Waals surface area contributed by atoms with Gasteiger partial charge in [-0.05, 0) is 32.3 Å². The topological polar surface area (TPSA) is 75.2 Å². The first-order valence-corrected chi connectivity index (χ1v) is 11.9. The number of rotatable bonds is 10. The number of likely N-dealkylation sites (tertiary alicyclic amines) is 1. The van der Waals surface area contributed by atoms with E-state index in [-0.39, 0.29) is 11.8 Å². The molecule has 0 saturated carbocycles. The van der Waals surface area contributed by atoms with Crippen molar-refractivity contribution in [1.29, 1.82) is 0 Å². The van der Waals surface area contributed by atoms with Crippen molar-refractivity contribution in [2.75, 3.05) is 11.9 Å². The Bertz CT molecular complexity index is 851. The standard InChI is InChI=1S/C23H32N4O2S/c1-3-4-5-6-7-8-14-20(28)27-15-10-13-19(27)21(29)24-23-26-25-22(30-23)18-12-9-11-17(2)16-18/h9,11-12,16,19H,3-8,10,13-15H2,1-2H3,(H,24,26,29). The number of aromatic nitrogens is 2. The fraction of sp³-hybridized carbons (Fsp3) is 0.565. The van der Waals surface area contributed by atoms with Gasteiger partial charge in [-0.3, -0.25) is 14.9 Å². The Hall–Kier alpha value is -2.28. The van der Waals surface area contributed by atoms with Crippen LogP contribution in [-0.2, 0) is 9.59 Å². The molecule has 1 aliphatic heterocycles. The molecule has 0 aliphatic carbocycles. The summed E-state index contributed by atoms with van der Waals surface area (Å²) in [7, 11) is 0. The molecule has 0 spiro atoms. The van der Waals surface area contributed by atoms with E-state index < -0.39 is 6.04 Å². The number of hydrogen-bond acceptors (Lipinski definition) is 5. The molecule has 7 heteroatoms. The first kappa shape index (κ1) is 22.4. The molecule has 1 atom stereocenters. The van der Waals surface area contributed by atoms with Crippen molar-refractivity contribution in [2.24, 2.45) is 0 Å². The molecule has 2 aromatic rings. The summed E-state index contributed by atoms with van der Waals surface area (Å²) in [5.74, 6) is -0.0587. The Morgan fingerprint density at radius 3 is 2.77 bits per heavy atom. The molecule has 1 unspecified atom stereocenters. The lowest BCUT2D eigenvalue weighted by molar-refractivity contribution is -0.136. The van der Waals surface area contributed by atoms with Gasteiger partial charge in [0, 0.05) is 18.5 Å². The molecule has 30 heavy (non-hydrogen) atoms. The van der Waals surface area contributed by atoms with E-state index in [0.717, 1.165) is 35.4 Å². The maximum Gasteiger partial charge on any atom is 0.249 e. The van der Waals surface area contributed by atoms with E-state index in [4.69, 9.17) is 0 Å². The third-order valence-corrected chi connectivity index (χ3v) is 6.43. The first-order valence-electron chi connectivity index (χ1n) is 11.1. The van der Waals surface area contributed by atoms with Crippen LogP contribution in [0.15, 0.2) is 24.3 Å². The van der Waals surface area contributed by atoms with Crippen molar-refractivity contribution >= 4 is 28.3 Å². The molecule has 2 amide bonds. The smallest absolute Gasteiger partial charge is 0.249 e. The van der Waals surface area contributed by atoms with Gasteiger partial charge >= 0.3 is 0 Å². The first-order chi connectivity index (χ1) is 14.6. The normalized spacial score (nSPS) is 16.1. The molecule has 1 saturated heterocycles. The van der Waals surface area contributed by atoms with Crippen molar-refractivity contribution in [1.82, 2.24) is 15.1 Å². The number of anilines is 1. The summed E-state index contributed by atoms with van der Waals surface area (Å²) in [4.78, 5) is 27.2. The molecule has 0 bridgehead atoms. The van der Waals surface area contributed by atoms with Gasteiger partial charge in [-0.1, -0.05) is 74.1 Å². The maximum atomic E-state index is 12.8. The molecule has 6 nitrogen and oxygen atoms in total. The molecule has 2 heterocycles. The van der Waals surface area contributed by atoms with Crippen LogP contribution in [0.2, 0.25) is 0 Å². The minimum Gasteiger partial charge on any atom is -0.331 e. The van der Waals surface area contributed by atoms with Crippen LogP contribution >= 0.6 is 11.3 Å². The molecular formula is C23H32N4O2S. The minimum absolute atomic E-state index is 0.0980. The Kier molecular flexibility index (Phi) is 8.37. The number of aryl methyl sites for hydroxylation is 1. The number of unbranched alkanes of at least 4 members (excludes halogenated alkanes) is 5. The van der Waals surface area contributed by atoms with Gasteiger partial charge in [0.1, 0.15) is 11.0 Å². The van der Waals surface area contributed by atoms with Gasteiger partial charge in [0.2, 0.25) is 16.9 Å². The summed E-state index contributed by atoms with van der Waals surface area (Å²) in [6, 6.07) is 7.65. The summed E-state index contributed by atoms with van der Waals surface area (Å²) < 4.78 is 0. The van der Waals surface area contributed by atoms with Crippen molar-refractivity contribution in [3.05, 3.63) is 29.8 Å². The Morgan fingerprint density at radius 2 is 1.97 bits per heavy atom. The van der Waals surface area contributed by atoms with Gasteiger partial charge in [-0.25, -0.2) is 0 Å². The Morgan fingerprint density at radius 1 is 1.17 bits per heavy atom. The molecule has 0 radical (unpaired) electrons. The number of hydrogen-bond donors (Lipinski definition) is 1. The zero-order valence-electron chi connectivity index (χ0n) is 18.0. The minimum atomic E-state index is -0.399. The van der Waals surface area contributed by atoms with Gasteiger partial charge in [0.15, 0.2) is 0 Å². The average molecular weight is 429 g/mol. The summed E-state index contributed by atoms with van der Waals surface area (Å²) in [5, 5.41) is 12.5. The predicted octanol–water partition coefficient (Wildman–Crippen LogP) is 5.19. The predicted molar refractivity (Wildman–Crippen MR) is 121 cm³/mol. The highest BCUT2D eigenvalue weighted by Gasteiger charge is 2.34. The van der Waals surface area contributed by atoms with Crippen molar-refractivity contribution < 1.29 is 9.59 Å². The molecule has 1 aliphatic rings. The van der Waals surface area contributed by atoms with Gasteiger partial charge in [-0.15, -0.1) is 10.2 Å². The van der Waals surface area contributed by atoms with Crippen LogP contribution in [0.25, 0.3) is 10.6 Å². The van der Waals surface area contributed by atoms with Gasteiger partial charge in [-0.2, -0.15) is 0 Å². The van der Waals surface area contributed by atoms with Crippen molar-refractivity contribution in [3.63, 3.8) is 0 Å². The van der Waals surface area contributed by atoms with Crippen molar-refractivity contribution in [3.8, 4) is 10.6 Å². The lowest BCUT2D eigenvalue weighted by atomic mass is 10.1. The molecule has 1 N–H and O–H groups in total. The Balaban J connectivity index is 1.51. The Labute approximate surface area is 183 Å². The van der Waals surface area contributed by atoms with E-state index in [1.165, 1.54) is 37.0 Å². The fourth-order valence-electron chi connectivity index (χ4n) is 3.90. The quantitative estimate of drug-likeness (QED) is 0.528. The van der Waals surface area contributed by atoms with Crippen LogP contribution in [0.4, 0.5) is 5.13 Å². The van der Waals surface area contributed by atoms with Crippen LogP contribution in [-0.4, -0.2) is 39.5 Å². The van der Waals surface area contributed by atoms with Crippen LogP contribution in [0.5, 0.6) is 0 Å². The zero-order chi connectivity index (χ0) is 21.3. The van der Waals surface area contributed by atoms with E-state index in [1.54, 1.807) is 4.90 Å². The van der Waals surface area contributed by atoms with Gasteiger partial charge in [0.05, 0.1) is 0 Å². The fourth-order valence-corrected chi connectivity index (χ4v) is 4.64. The second kappa shape index (κ2) is 11.2. The summed E-state index contributed by atoms with van der Waals surface area (Å²) in [6.45, 7) is 4.90. The third kappa shape index (κ3) is 6.11. The van der Waals surface area contributed by atoms with E-state index >= 15 is 0 Å². The molecule has 1 fully saturated rings. The number of nitrogens with one attached hydrogen (secondary N) is 1. The monoisotopic (exact) mass is 428 g/mol. The van der Waals surface area contributed by atoms with Crippen LogP contribution in [0.1, 0.15) is 70.3 Å². The highest BCUT2D eigenvalue weighted by Crippen LogP contribution is 2.28. The van der Waals surface area contributed by atoms with E-state index in [9.17, 15) is 9.59 Å². The molecule has 1 aromatic heterocycles. The highest BCUT2D eigenvalue weighted by molar-refractivity contribution is 7.18. The zero-order valence-corrected chi connectivity index (χ0v) is 18.8. The van der Waals surface area contributed by atoms with E-state index in [0.29, 0.717) is 24.5 Å². The summed E-state index contributed by atoms with van der Waals surface area (Å²) in [6.07, 6.45) is 9.02. The molecule has 1 aromatic carbocycles. The SMILES string of the molecule is CCCCCCCCC(=O)N1CCCC1C(=O)Nc1nnc(-c2cccc(C)c2)s1. The van der Waals surface area contributed by atoms with Crippen LogP contribution in [0, 0.1) is 6.92 Å². The molecule has 162 valence electrons. The number of amides is 2. The van der Waals surface area contributed by atoms with E-state index in [1.807, 2.05) is 31.2 Å². The number of carbonyl (C=O) groups is 2. The van der Waals surface area contributed by atoms with Crippen molar-refractivity contribution in [2.45, 2.75) is 77.7 Å².